The van der Waals surface area contributed by atoms with Crippen LogP contribution in [0.25, 0.3) is 10.9 Å². The van der Waals surface area contributed by atoms with Gasteiger partial charge in [-0.3, -0.25) is 14.6 Å². The van der Waals surface area contributed by atoms with Gasteiger partial charge >= 0.3 is 0 Å². The van der Waals surface area contributed by atoms with Crippen molar-refractivity contribution in [1.82, 2.24) is 9.97 Å². The van der Waals surface area contributed by atoms with Crippen LogP contribution in [0.3, 0.4) is 0 Å². The maximum atomic E-state index is 13.5. The van der Waals surface area contributed by atoms with Crippen molar-refractivity contribution in [3.63, 3.8) is 0 Å². The van der Waals surface area contributed by atoms with Crippen molar-refractivity contribution in [2.24, 2.45) is 5.73 Å². The van der Waals surface area contributed by atoms with Gasteiger partial charge in [-0.15, -0.1) is 0 Å². The molecule has 0 saturated carbocycles. The molecule has 2 aromatic heterocycles. The summed E-state index contributed by atoms with van der Waals surface area (Å²) in [7, 11) is 0. The average molecular weight is 486 g/mol. The molecular formula is C25H19ClF3N3O2. The average Bonchev–Trinajstić information content (AvgIpc) is 2.82. The van der Waals surface area contributed by atoms with Gasteiger partial charge in [0.15, 0.2) is 17.1 Å². The third-order valence-electron chi connectivity index (χ3n) is 5.74. The molecule has 2 aromatic carbocycles. The quantitative estimate of drug-likeness (QED) is 0.389. The molecule has 0 aliphatic heterocycles. The summed E-state index contributed by atoms with van der Waals surface area (Å²) in [6.45, 7) is 0. The van der Waals surface area contributed by atoms with Gasteiger partial charge < -0.3 is 10.7 Å². The number of nitrogens with one attached hydrogen (secondary N) is 1. The molecule has 0 bridgehead atoms. The van der Waals surface area contributed by atoms with E-state index < -0.39 is 17.5 Å². The molecule has 174 valence electrons. The largest absolute Gasteiger partial charge is 0.364 e. The number of hydrogen-bond acceptors (Lipinski definition) is 3. The van der Waals surface area contributed by atoms with Crippen molar-refractivity contribution >= 4 is 28.4 Å². The third kappa shape index (κ3) is 4.82. The summed E-state index contributed by atoms with van der Waals surface area (Å²) < 4.78 is 37.9. The fourth-order valence-corrected chi connectivity index (χ4v) is 4.26. The lowest BCUT2D eigenvalue weighted by atomic mass is 9.82. The van der Waals surface area contributed by atoms with Gasteiger partial charge in [0, 0.05) is 23.9 Å². The minimum absolute atomic E-state index is 0.0265. The van der Waals surface area contributed by atoms with Crippen LogP contribution in [0.2, 0.25) is 5.02 Å². The van der Waals surface area contributed by atoms with E-state index in [1.807, 2.05) is 6.07 Å². The van der Waals surface area contributed by atoms with E-state index >= 15 is 0 Å². The van der Waals surface area contributed by atoms with E-state index in [-0.39, 0.29) is 33.3 Å². The Balaban J connectivity index is 0.000000257. The number of halogens is 4. The van der Waals surface area contributed by atoms with Crippen molar-refractivity contribution < 1.29 is 18.0 Å². The summed E-state index contributed by atoms with van der Waals surface area (Å²) >= 11 is 5.20. The number of rotatable bonds is 2. The number of benzene rings is 2. The molecule has 0 fully saturated rings. The second kappa shape index (κ2) is 9.69. The minimum Gasteiger partial charge on any atom is -0.364 e. The molecular weight excluding hydrogens is 467 g/mol. The molecule has 2 heterocycles. The number of carbonyl (C=O) groups excluding carboxylic acids is 1. The first kappa shape index (κ1) is 23.5. The fourth-order valence-electron chi connectivity index (χ4n) is 4.10. The Morgan fingerprint density at radius 1 is 1.09 bits per heavy atom. The van der Waals surface area contributed by atoms with Crippen molar-refractivity contribution in [2.45, 2.75) is 25.2 Å². The molecule has 0 saturated heterocycles. The van der Waals surface area contributed by atoms with Crippen LogP contribution in [0.5, 0.6) is 0 Å². The number of aromatic nitrogens is 2. The lowest BCUT2D eigenvalue weighted by Crippen LogP contribution is -2.20. The summed E-state index contributed by atoms with van der Waals surface area (Å²) in [5, 5.41) is 0.0241. The van der Waals surface area contributed by atoms with E-state index in [2.05, 4.69) is 9.97 Å². The monoisotopic (exact) mass is 485 g/mol. The second-order valence-corrected chi connectivity index (χ2v) is 8.33. The standard InChI is InChI=1S/C19H16FN3O2.C6H3ClF2/c20-13-4-3-10-1-2-11(7-12(10)8-13)15-9-16(24)17-14(23-15)5-6-22-18(17)19(21)25;7-4-2-1-3-5(8)6(4)9/h3-6,8-9,11H,1-2,7H2,(H2,21,25)(H,23,24);1-3H/t11-;/m0./s1. The van der Waals surface area contributed by atoms with Crippen LogP contribution in [0, 0.1) is 17.5 Å². The molecule has 1 amide bonds. The Morgan fingerprint density at radius 2 is 1.88 bits per heavy atom. The van der Waals surface area contributed by atoms with Gasteiger partial charge in [-0.05, 0) is 60.7 Å². The molecule has 9 heteroatoms. The van der Waals surface area contributed by atoms with Crippen LogP contribution in [0.4, 0.5) is 13.2 Å². The first-order chi connectivity index (χ1) is 16.2. The first-order valence-electron chi connectivity index (χ1n) is 10.4. The van der Waals surface area contributed by atoms with Crippen molar-refractivity contribution in [2.75, 3.05) is 0 Å². The normalized spacial score (nSPS) is 14.8. The van der Waals surface area contributed by atoms with Gasteiger partial charge in [0.25, 0.3) is 5.91 Å². The number of hydrogen-bond donors (Lipinski definition) is 2. The molecule has 0 spiro atoms. The molecule has 0 unspecified atom stereocenters. The van der Waals surface area contributed by atoms with Gasteiger partial charge in [-0.1, -0.05) is 23.7 Å². The van der Waals surface area contributed by atoms with Crippen LogP contribution in [0.15, 0.2) is 59.5 Å². The number of pyridine rings is 2. The first-order valence-corrected chi connectivity index (χ1v) is 10.8. The molecule has 5 nitrogen and oxygen atoms in total. The van der Waals surface area contributed by atoms with E-state index in [0.717, 1.165) is 35.7 Å². The molecule has 1 aliphatic carbocycles. The summed E-state index contributed by atoms with van der Waals surface area (Å²) in [5.74, 6) is -2.78. The predicted molar refractivity (Wildman–Crippen MR) is 123 cm³/mol. The molecule has 34 heavy (non-hydrogen) atoms. The zero-order valence-corrected chi connectivity index (χ0v) is 18.5. The minimum atomic E-state index is -0.987. The topological polar surface area (TPSA) is 88.8 Å². The highest BCUT2D eigenvalue weighted by molar-refractivity contribution is 6.30. The van der Waals surface area contributed by atoms with E-state index in [1.54, 1.807) is 12.1 Å². The Hall–Kier alpha value is -3.65. The number of aromatic amines is 1. The maximum Gasteiger partial charge on any atom is 0.268 e. The van der Waals surface area contributed by atoms with Crippen LogP contribution < -0.4 is 11.2 Å². The number of H-pyrrole nitrogens is 1. The van der Waals surface area contributed by atoms with Crippen LogP contribution in [-0.2, 0) is 12.8 Å². The number of nitrogens with zero attached hydrogens (tertiary/aromatic N) is 1. The molecule has 0 radical (unpaired) electrons. The van der Waals surface area contributed by atoms with Crippen LogP contribution in [-0.4, -0.2) is 15.9 Å². The number of fused-ring (bicyclic) bond motifs is 2. The summed E-state index contributed by atoms with van der Waals surface area (Å²) in [5.41, 5.74) is 8.45. The molecule has 4 aromatic rings. The molecule has 5 rings (SSSR count). The number of amides is 1. The predicted octanol–water partition coefficient (Wildman–Crippen LogP) is 5.05. The van der Waals surface area contributed by atoms with Gasteiger partial charge in [-0.25, -0.2) is 13.2 Å². The van der Waals surface area contributed by atoms with E-state index in [1.165, 1.54) is 30.5 Å². The smallest absolute Gasteiger partial charge is 0.268 e. The lowest BCUT2D eigenvalue weighted by Gasteiger charge is -2.25. The second-order valence-electron chi connectivity index (χ2n) is 7.92. The molecule has 1 atom stereocenters. The number of primary amides is 1. The number of aryl methyl sites for hydroxylation is 1. The van der Waals surface area contributed by atoms with Gasteiger partial charge in [0.2, 0.25) is 0 Å². The van der Waals surface area contributed by atoms with Crippen LogP contribution in [0.1, 0.15) is 39.6 Å². The Labute approximate surface area is 197 Å². The van der Waals surface area contributed by atoms with Crippen molar-refractivity contribution in [3.05, 3.63) is 110 Å². The van der Waals surface area contributed by atoms with Crippen molar-refractivity contribution in [1.29, 1.82) is 0 Å². The zero-order valence-electron chi connectivity index (χ0n) is 17.7. The van der Waals surface area contributed by atoms with Gasteiger partial charge in [0.05, 0.1) is 15.9 Å². The Kier molecular flexibility index (Phi) is 6.70. The van der Waals surface area contributed by atoms with Gasteiger partial charge in [-0.2, -0.15) is 0 Å². The Bertz CT molecular complexity index is 1440. The highest BCUT2D eigenvalue weighted by Crippen LogP contribution is 2.32. The van der Waals surface area contributed by atoms with Crippen molar-refractivity contribution in [3.8, 4) is 0 Å². The summed E-state index contributed by atoms with van der Waals surface area (Å²) in [4.78, 5) is 31.2. The fraction of sp³-hybridized carbons (Fsp3) is 0.160. The van der Waals surface area contributed by atoms with Gasteiger partial charge in [0.1, 0.15) is 11.5 Å². The zero-order chi connectivity index (χ0) is 24.4. The summed E-state index contributed by atoms with van der Waals surface area (Å²) in [6, 6.07) is 11.7. The van der Waals surface area contributed by atoms with E-state index in [0.29, 0.717) is 11.9 Å². The third-order valence-corrected chi connectivity index (χ3v) is 6.03. The van der Waals surface area contributed by atoms with E-state index in [4.69, 9.17) is 17.3 Å². The Morgan fingerprint density at radius 3 is 2.59 bits per heavy atom. The lowest BCUT2D eigenvalue weighted by molar-refractivity contribution is 0.0997. The molecule has 3 N–H and O–H groups in total. The number of carbonyl (C=O) groups is 1. The van der Waals surface area contributed by atoms with E-state index in [9.17, 15) is 22.8 Å². The number of nitrogens with two attached hydrogens (primary N) is 1. The highest BCUT2D eigenvalue weighted by Gasteiger charge is 2.23. The maximum absolute atomic E-state index is 13.5. The van der Waals surface area contributed by atoms with Crippen LogP contribution >= 0.6 is 11.6 Å². The summed E-state index contributed by atoms with van der Waals surface area (Å²) in [6.07, 6.45) is 3.83. The highest BCUT2D eigenvalue weighted by atomic mass is 35.5. The molecule has 1 aliphatic rings. The SMILES string of the molecule is Fc1cccc(Cl)c1F.NC(=O)c1nccc2[nH]c([C@H]3CCc4ccc(F)cc4C3)cc(=O)c12.